The summed E-state index contributed by atoms with van der Waals surface area (Å²) in [7, 11) is 0. The van der Waals surface area contributed by atoms with Crippen molar-refractivity contribution in [3.8, 4) is 16.9 Å². The molecule has 24 heavy (non-hydrogen) atoms. The zero-order valence-corrected chi connectivity index (χ0v) is 15.0. The molecule has 0 bridgehead atoms. The molecule has 0 aliphatic heterocycles. The predicted octanol–water partition coefficient (Wildman–Crippen LogP) is 4.98. The molecule has 0 spiro atoms. The van der Waals surface area contributed by atoms with Gasteiger partial charge in [-0.2, -0.15) is 0 Å². The van der Waals surface area contributed by atoms with E-state index in [1.807, 2.05) is 35.0 Å². The summed E-state index contributed by atoms with van der Waals surface area (Å²) in [4.78, 5) is 0. The van der Waals surface area contributed by atoms with Gasteiger partial charge in [0.15, 0.2) is 0 Å². The summed E-state index contributed by atoms with van der Waals surface area (Å²) >= 11 is 0. The number of hydrogen-bond donors (Lipinski definition) is 1. The van der Waals surface area contributed by atoms with Crippen LogP contribution in [0, 0.1) is 5.41 Å². The van der Waals surface area contributed by atoms with Gasteiger partial charge in [0.2, 0.25) is 0 Å². The van der Waals surface area contributed by atoms with E-state index in [2.05, 4.69) is 51.0 Å². The minimum Gasteiger partial charge on any atom is -0.507 e. The second kappa shape index (κ2) is 5.62. The molecule has 0 aliphatic carbocycles. The van der Waals surface area contributed by atoms with Gasteiger partial charge in [0.25, 0.3) is 0 Å². The summed E-state index contributed by atoms with van der Waals surface area (Å²) in [6.45, 7) is 11.1. The monoisotopic (exact) mass is 323 g/mol. The highest BCUT2D eigenvalue weighted by molar-refractivity contribution is 5.83. The Labute approximate surface area is 143 Å². The van der Waals surface area contributed by atoms with Crippen molar-refractivity contribution in [2.24, 2.45) is 5.41 Å². The van der Waals surface area contributed by atoms with Gasteiger partial charge in [0, 0.05) is 5.56 Å². The molecule has 3 aromatic rings. The third-order valence-corrected chi connectivity index (χ3v) is 4.20. The minimum atomic E-state index is -0.148. The lowest BCUT2D eigenvalue weighted by molar-refractivity contribution is 0.201. The van der Waals surface area contributed by atoms with Crippen molar-refractivity contribution in [1.29, 1.82) is 0 Å². The Morgan fingerprint density at radius 2 is 1.71 bits per heavy atom. The SMILES string of the molecule is CC(C)(C)CC(C)(C)n1nnc2ccc(-c3ccccc3O)cc21. The quantitative estimate of drug-likeness (QED) is 0.740. The molecule has 4 heteroatoms. The molecule has 0 saturated heterocycles. The lowest BCUT2D eigenvalue weighted by atomic mass is 9.82. The number of hydrogen-bond acceptors (Lipinski definition) is 3. The van der Waals surface area contributed by atoms with Gasteiger partial charge >= 0.3 is 0 Å². The summed E-state index contributed by atoms with van der Waals surface area (Å²) in [6.07, 6.45) is 0.985. The normalized spacial score (nSPS) is 12.7. The van der Waals surface area contributed by atoms with Crippen LogP contribution >= 0.6 is 0 Å². The fourth-order valence-electron chi connectivity index (χ4n) is 3.62. The highest BCUT2D eigenvalue weighted by Crippen LogP contribution is 2.35. The fourth-order valence-corrected chi connectivity index (χ4v) is 3.62. The van der Waals surface area contributed by atoms with Crippen molar-refractivity contribution in [3.63, 3.8) is 0 Å². The van der Waals surface area contributed by atoms with Gasteiger partial charge < -0.3 is 5.11 Å². The predicted molar refractivity (Wildman–Crippen MR) is 98.0 cm³/mol. The largest absolute Gasteiger partial charge is 0.507 e. The van der Waals surface area contributed by atoms with Crippen molar-refractivity contribution in [2.75, 3.05) is 0 Å². The van der Waals surface area contributed by atoms with Crippen LogP contribution < -0.4 is 0 Å². The molecule has 0 atom stereocenters. The molecule has 1 N–H and O–H groups in total. The summed E-state index contributed by atoms with van der Waals surface area (Å²) in [6, 6.07) is 13.4. The lowest BCUT2D eigenvalue weighted by Crippen LogP contribution is -2.32. The first-order valence-electron chi connectivity index (χ1n) is 8.32. The average Bonchev–Trinajstić information content (AvgIpc) is 2.89. The second-order valence-corrected chi connectivity index (χ2v) is 8.27. The first-order valence-corrected chi connectivity index (χ1v) is 8.32. The summed E-state index contributed by atoms with van der Waals surface area (Å²) in [5.41, 5.74) is 3.69. The van der Waals surface area contributed by atoms with Crippen LogP contribution in [0.2, 0.25) is 0 Å². The Kier molecular flexibility index (Phi) is 3.86. The van der Waals surface area contributed by atoms with E-state index in [-0.39, 0.29) is 16.7 Å². The van der Waals surface area contributed by atoms with E-state index in [9.17, 15) is 5.11 Å². The summed E-state index contributed by atoms with van der Waals surface area (Å²) in [5.74, 6) is 0.282. The van der Waals surface area contributed by atoms with Gasteiger partial charge in [0.1, 0.15) is 11.3 Å². The van der Waals surface area contributed by atoms with E-state index in [0.29, 0.717) is 0 Å². The van der Waals surface area contributed by atoms with Crippen molar-refractivity contribution in [3.05, 3.63) is 42.5 Å². The number of phenolic OH excluding ortho intramolecular Hbond substituents is 1. The Morgan fingerprint density at radius 1 is 1.00 bits per heavy atom. The molecule has 0 aliphatic rings. The number of fused-ring (bicyclic) bond motifs is 1. The van der Waals surface area contributed by atoms with Gasteiger partial charge in [0.05, 0.1) is 11.1 Å². The Hall–Kier alpha value is -2.36. The van der Waals surface area contributed by atoms with E-state index >= 15 is 0 Å². The molecule has 0 fully saturated rings. The van der Waals surface area contributed by atoms with Crippen LogP contribution in [0.1, 0.15) is 41.0 Å². The van der Waals surface area contributed by atoms with E-state index in [1.54, 1.807) is 6.07 Å². The summed E-state index contributed by atoms with van der Waals surface area (Å²) in [5, 5.41) is 18.9. The zero-order valence-electron chi connectivity index (χ0n) is 15.0. The Balaban J connectivity index is 2.12. The summed E-state index contributed by atoms with van der Waals surface area (Å²) < 4.78 is 2.01. The van der Waals surface area contributed by atoms with Gasteiger partial charge in [-0.15, -0.1) is 5.10 Å². The van der Waals surface area contributed by atoms with Crippen molar-refractivity contribution in [1.82, 2.24) is 15.0 Å². The van der Waals surface area contributed by atoms with Gasteiger partial charge in [-0.1, -0.05) is 50.3 Å². The lowest BCUT2D eigenvalue weighted by Gasteiger charge is -2.32. The molecule has 1 heterocycles. The number of aromatic hydroxyl groups is 1. The highest BCUT2D eigenvalue weighted by Gasteiger charge is 2.29. The molecule has 0 radical (unpaired) electrons. The van der Waals surface area contributed by atoms with E-state index in [4.69, 9.17) is 0 Å². The molecule has 2 aromatic carbocycles. The number of aromatic nitrogens is 3. The number of phenols is 1. The molecular weight excluding hydrogens is 298 g/mol. The van der Waals surface area contributed by atoms with Gasteiger partial charge in [-0.3, -0.25) is 0 Å². The highest BCUT2D eigenvalue weighted by atomic mass is 16.3. The zero-order chi connectivity index (χ0) is 17.5. The number of para-hydroxylation sites is 1. The number of nitrogens with zero attached hydrogens (tertiary/aromatic N) is 3. The molecule has 3 rings (SSSR count). The van der Waals surface area contributed by atoms with Crippen LogP contribution in [0.25, 0.3) is 22.2 Å². The van der Waals surface area contributed by atoms with Gasteiger partial charge in [-0.25, -0.2) is 4.68 Å². The Morgan fingerprint density at radius 3 is 2.38 bits per heavy atom. The standard InChI is InChI=1S/C20H25N3O/c1-19(2,3)13-20(4,5)23-17-12-14(10-11-16(17)21-22-23)15-8-6-7-9-18(15)24/h6-12,24H,13H2,1-5H3. The van der Waals surface area contributed by atoms with Crippen molar-refractivity contribution >= 4 is 11.0 Å². The first kappa shape index (κ1) is 16.5. The van der Waals surface area contributed by atoms with Crippen LogP contribution in [0.3, 0.4) is 0 Å². The smallest absolute Gasteiger partial charge is 0.123 e. The third kappa shape index (κ3) is 3.14. The third-order valence-electron chi connectivity index (χ3n) is 4.20. The molecule has 0 saturated carbocycles. The Bertz CT molecular complexity index is 872. The van der Waals surface area contributed by atoms with Crippen molar-refractivity contribution in [2.45, 2.75) is 46.6 Å². The minimum absolute atomic E-state index is 0.148. The van der Waals surface area contributed by atoms with Crippen molar-refractivity contribution < 1.29 is 5.11 Å². The number of benzene rings is 2. The first-order chi connectivity index (χ1) is 11.2. The topological polar surface area (TPSA) is 50.9 Å². The fraction of sp³-hybridized carbons (Fsp3) is 0.400. The molecular formula is C20H25N3O. The van der Waals surface area contributed by atoms with Crippen LogP contribution in [0.4, 0.5) is 0 Å². The van der Waals surface area contributed by atoms with Gasteiger partial charge in [-0.05, 0) is 49.4 Å². The maximum Gasteiger partial charge on any atom is 0.123 e. The van der Waals surface area contributed by atoms with E-state index < -0.39 is 0 Å². The second-order valence-electron chi connectivity index (χ2n) is 8.27. The van der Waals surface area contributed by atoms with E-state index in [0.717, 1.165) is 28.6 Å². The van der Waals surface area contributed by atoms with Crippen LogP contribution in [-0.2, 0) is 5.54 Å². The van der Waals surface area contributed by atoms with Crippen LogP contribution in [-0.4, -0.2) is 20.1 Å². The van der Waals surface area contributed by atoms with E-state index in [1.165, 1.54) is 0 Å². The maximum absolute atomic E-state index is 10.1. The van der Waals surface area contributed by atoms with Crippen LogP contribution in [0.5, 0.6) is 5.75 Å². The maximum atomic E-state index is 10.1. The molecule has 0 unspecified atom stereocenters. The van der Waals surface area contributed by atoms with Crippen LogP contribution in [0.15, 0.2) is 42.5 Å². The molecule has 0 amide bonds. The molecule has 4 nitrogen and oxygen atoms in total. The average molecular weight is 323 g/mol. The molecule has 1 aromatic heterocycles. The molecule has 126 valence electrons. The number of rotatable bonds is 3.